The van der Waals surface area contributed by atoms with E-state index in [0.717, 1.165) is 0 Å². The van der Waals surface area contributed by atoms with Gasteiger partial charge in [-0.25, -0.2) is 9.98 Å². The van der Waals surface area contributed by atoms with Gasteiger partial charge in [0.15, 0.2) is 0 Å². The highest BCUT2D eigenvalue weighted by molar-refractivity contribution is 5.59. The molecule has 0 fully saturated rings. The first kappa shape index (κ1) is 9.24. The molecule has 0 aliphatic carbocycles. The first-order valence-corrected chi connectivity index (χ1v) is 3.75. The Morgan fingerprint density at radius 1 is 1.00 bits per heavy atom. The molecule has 0 radical (unpaired) electrons. The van der Waals surface area contributed by atoms with Gasteiger partial charge in [-0.3, -0.25) is 0 Å². The molecule has 68 valence electrons. The van der Waals surface area contributed by atoms with Gasteiger partial charge in [0.05, 0.1) is 0 Å². The van der Waals surface area contributed by atoms with Crippen LogP contribution in [0, 0.1) is 0 Å². The van der Waals surface area contributed by atoms with E-state index in [-0.39, 0.29) is 17.8 Å². The maximum atomic E-state index is 5.41. The van der Waals surface area contributed by atoms with Crippen LogP contribution in [0.2, 0.25) is 0 Å². The third-order valence-electron chi connectivity index (χ3n) is 1.12. The lowest BCUT2D eigenvalue weighted by Crippen LogP contribution is -1.96. The van der Waals surface area contributed by atoms with E-state index in [1.807, 2.05) is 0 Å². The van der Waals surface area contributed by atoms with E-state index in [9.17, 15) is 0 Å². The van der Waals surface area contributed by atoms with Crippen LogP contribution in [0.25, 0.3) is 0 Å². The molecular formula is C7H10N6. The Bertz CT molecular complexity index is 313. The summed E-state index contributed by atoms with van der Waals surface area (Å²) in [6, 6.07) is 0. The summed E-state index contributed by atoms with van der Waals surface area (Å²) in [7, 11) is 0. The average molecular weight is 178 g/mol. The first-order valence-electron chi connectivity index (χ1n) is 3.75. The SMILES string of the molecule is CC=Nc1nc(N)nc(N=CC)n1. The number of aliphatic imine (C=N–C) groups is 2. The fraction of sp³-hybridized carbons (Fsp3) is 0.286. The van der Waals surface area contributed by atoms with Crippen molar-refractivity contribution in [3.63, 3.8) is 0 Å². The van der Waals surface area contributed by atoms with Crippen molar-refractivity contribution < 1.29 is 0 Å². The third kappa shape index (κ3) is 2.58. The van der Waals surface area contributed by atoms with Crippen molar-refractivity contribution >= 4 is 30.3 Å². The van der Waals surface area contributed by atoms with Crippen LogP contribution in [-0.4, -0.2) is 27.4 Å². The van der Waals surface area contributed by atoms with Gasteiger partial charge >= 0.3 is 0 Å². The van der Waals surface area contributed by atoms with Crippen LogP contribution in [0.4, 0.5) is 17.8 Å². The van der Waals surface area contributed by atoms with Gasteiger partial charge in [0.25, 0.3) is 11.9 Å². The normalized spacial score (nSPS) is 11.5. The minimum atomic E-state index is 0.121. The van der Waals surface area contributed by atoms with Crippen LogP contribution in [0.15, 0.2) is 9.98 Å². The van der Waals surface area contributed by atoms with E-state index < -0.39 is 0 Å². The average Bonchev–Trinajstić information content (AvgIpc) is 2.04. The fourth-order valence-electron chi connectivity index (χ4n) is 0.716. The predicted molar refractivity (Wildman–Crippen MR) is 51.9 cm³/mol. The molecule has 6 heteroatoms. The molecular weight excluding hydrogens is 168 g/mol. The summed E-state index contributed by atoms with van der Waals surface area (Å²) >= 11 is 0. The van der Waals surface area contributed by atoms with E-state index in [2.05, 4.69) is 24.9 Å². The number of nitrogens with two attached hydrogens (primary N) is 1. The molecule has 0 atom stereocenters. The summed E-state index contributed by atoms with van der Waals surface area (Å²) in [6.07, 6.45) is 3.16. The summed E-state index contributed by atoms with van der Waals surface area (Å²) in [4.78, 5) is 19.2. The zero-order chi connectivity index (χ0) is 9.68. The van der Waals surface area contributed by atoms with Crippen molar-refractivity contribution in [2.24, 2.45) is 9.98 Å². The zero-order valence-corrected chi connectivity index (χ0v) is 7.47. The molecule has 0 amide bonds. The summed E-state index contributed by atoms with van der Waals surface area (Å²) in [6.45, 7) is 3.53. The largest absolute Gasteiger partial charge is 0.368 e. The van der Waals surface area contributed by atoms with E-state index >= 15 is 0 Å². The van der Waals surface area contributed by atoms with Gasteiger partial charge in [-0.2, -0.15) is 15.0 Å². The third-order valence-corrected chi connectivity index (χ3v) is 1.12. The summed E-state index contributed by atoms with van der Waals surface area (Å²) in [5.41, 5.74) is 5.41. The van der Waals surface area contributed by atoms with Gasteiger partial charge in [0.2, 0.25) is 5.95 Å². The predicted octanol–water partition coefficient (Wildman–Crippen LogP) is 0.898. The van der Waals surface area contributed by atoms with E-state index in [1.165, 1.54) is 0 Å². The summed E-state index contributed by atoms with van der Waals surface area (Å²) in [5, 5.41) is 0. The summed E-state index contributed by atoms with van der Waals surface area (Å²) in [5.74, 6) is 0.669. The molecule has 0 saturated heterocycles. The zero-order valence-electron chi connectivity index (χ0n) is 7.47. The Morgan fingerprint density at radius 2 is 1.46 bits per heavy atom. The number of nitrogen functional groups attached to an aromatic ring is 1. The number of rotatable bonds is 2. The Morgan fingerprint density at radius 3 is 1.85 bits per heavy atom. The lowest BCUT2D eigenvalue weighted by atomic mass is 10.8. The van der Waals surface area contributed by atoms with E-state index in [4.69, 9.17) is 5.73 Å². The Kier molecular flexibility index (Phi) is 3.02. The van der Waals surface area contributed by atoms with Gasteiger partial charge in [0.1, 0.15) is 0 Å². The smallest absolute Gasteiger partial charge is 0.255 e. The second kappa shape index (κ2) is 4.24. The van der Waals surface area contributed by atoms with Gasteiger partial charge in [-0.15, -0.1) is 0 Å². The molecule has 6 nitrogen and oxygen atoms in total. The monoisotopic (exact) mass is 178 g/mol. The lowest BCUT2D eigenvalue weighted by molar-refractivity contribution is 1.04. The standard InChI is InChI=1S/C7H10N6/c1-3-9-6-11-5(8)12-7(13-6)10-4-2/h3-4H,1-2H3,(H2,8,11,12,13). The number of nitrogens with zero attached hydrogens (tertiary/aromatic N) is 5. The van der Waals surface area contributed by atoms with Crippen LogP contribution < -0.4 is 5.73 Å². The molecule has 0 saturated carbocycles. The molecule has 13 heavy (non-hydrogen) atoms. The number of anilines is 1. The van der Waals surface area contributed by atoms with Gasteiger partial charge in [0, 0.05) is 12.4 Å². The molecule has 1 heterocycles. The highest BCUT2D eigenvalue weighted by Crippen LogP contribution is 2.10. The van der Waals surface area contributed by atoms with Crippen molar-refractivity contribution in [2.45, 2.75) is 13.8 Å². The highest BCUT2D eigenvalue weighted by Gasteiger charge is 1.99. The van der Waals surface area contributed by atoms with Crippen molar-refractivity contribution in [2.75, 3.05) is 5.73 Å². The van der Waals surface area contributed by atoms with Gasteiger partial charge in [-0.1, -0.05) is 0 Å². The minimum Gasteiger partial charge on any atom is -0.368 e. The number of hydrogen-bond acceptors (Lipinski definition) is 6. The van der Waals surface area contributed by atoms with Crippen molar-refractivity contribution in [3.8, 4) is 0 Å². The summed E-state index contributed by atoms with van der Waals surface area (Å²) < 4.78 is 0. The van der Waals surface area contributed by atoms with Crippen LogP contribution in [0.1, 0.15) is 13.8 Å². The van der Waals surface area contributed by atoms with Crippen LogP contribution in [-0.2, 0) is 0 Å². The molecule has 0 aliphatic rings. The maximum absolute atomic E-state index is 5.41. The molecule has 2 N–H and O–H groups in total. The van der Waals surface area contributed by atoms with E-state index in [0.29, 0.717) is 0 Å². The van der Waals surface area contributed by atoms with E-state index in [1.54, 1.807) is 26.3 Å². The molecule has 1 aromatic rings. The molecule has 0 bridgehead atoms. The Balaban J connectivity index is 3.10. The van der Waals surface area contributed by atoms with Crippen molar-refractivity contribution in [3.05, 3.63) is 0 Å². The maximum Gasteiger partial charge on any atom is 0.255 e. The van der Waals surface area contributed by atoms with Crippen LogP contribution >= 0.6 is 0 Å². The molecule has 0 spiro atoms. The number of aromatic nitrogens is 3. The lowest BCUT2D eigenvalue weighted by Gasteiger charge is -1.95. The first-order chi connectivity index (χ1) is 6.26. The Labute approximate surface area is 75.7 Å². The Hall–Kier alpha value is -1.85. The quantitative estimate of drug-likeness (QED) is 0.681. The molecule has 1 rings (SSSR count). The second-order valence-electron chi connectivity index (χ2n) is 2.07. The van der Waals surface area contributed by atoms with Crippen LogP contribution in [0.5, 0.6) is 0 Å². The van der Waals surface area contributed by atoms with Gasteiger partial charge < -0.3 is 5.73 Å². The van der Waals surface area contributed by atoms with Crippen molar-refractivity contribution in [1.29, 1.82) is 0 Å². The topological polar surface area (TPSA) is 89.4 Å². The molecule has 0 aliphatic heterocycles. The fourth-order valence-corrected chi connectivity index (χ4v) is 0.716. The van der Waals surface area contributed by atoms with Gasteiger partial charge in [-0.05, 0) is 13.8 Å². The van der Waals surface area contributed by atoms with Crippen molar-refractivity contribution in [1.82, 2.24) is 15.0 Å². The minimum absolute atomic E-state index is 0.121. The van der Waals surface area contributed by atoms with Crippen LogP contribution in [0.3, 0.4) is 0 Å². The molecule has 0 aromatic carbocycles. The molecule has 1 aromatic heterocycles. The number of hydrogen-bond donors (Lipinski definition) is 1. The highest BCUT2D eigenvalue weighted by atomic mass is 15.2. The molecule has 0 unspecified atom stereocenters. The second-order valence-corrected chi connectivity index (χ2v) is 2.07.